The summed E-state index contributed by atoms with van der Waals surface area (Å²) in [5, 5.41) is 8.96. The van der Waals surface area contributed by atoms with Crippen LogP contribution in [0.2, 0.25) is 0 Å². The van der Waals surface area contributed by atoms with Crippen LogP contribution in [0.1, 0.15) is 23.8 Å². The number of rotatable bonds is 5. The van der Waals surface area contributed by atoms with Crippen LogP contribution in [-0.2, 0) is 10.0 Å². The Labute approximate surface area is 100.0 Å². The van der Waals surface area contributed by atoms with Crippen molar-refractivity contribution in [2.45, 2.75) is 13.3 Å². The van der Waals surface area contributed by atoms with E-state index < -0.39 is 16.0 Å². The summed E-state index contributed by atoms with van der Waals surface area (Å²) in [5.41, 5.74) is -0.157. The number of aromatic nitrogens is 1. The molecule has 1 N–H and O–H groups in total. The van der Waals surface area contributed by atoms with Crippen LogP contribution in [0.15, 0.2) is 18.3 Å². The SMILES string of the molecule is CCCN(c1cccnc1C(=O)O)S(C)(=O)=O. The van der Waals surface area contributed by atoms with E-state index in [-0.39, 0.29) is 17.9 Å². The first kappa shape index (κ1) is 13.4. The van der Waals surface area contributed by atoms with Crippen molar-refractivity contribution in [1.29, 1.82) is 0 Å². The minimum atomic E-state index is -3.51. The smallest absolute Gasteiger partial charge is 0.356 e. The Morgan fingerprint density at radius 3 is 2.65 bits per heavy atom. The number of carboxylic acids is 1. The Bertz CT molecular complexity index is 513. The van der Waals surface area contributed by atoms with Crippen molar-refractivity contribution in [2.75, 3.05) is 17.1 Å². The van der Waals surface area contributed by atoms with Gasteiger partial charge >= 0.3 is 5.97 Å². The number of pyridine rings is 1. The molecule has 0 aliphatic heterocycles. The highest BCUT2D eigenvalue weighted by molar-refractivity contribution is 7.92. The summed E-state index contributed by atoms with van der Waals surface area (Å²) < 4.78 is 24.3. The standard InChI is InChI=1S/C10H14N2O4S/c1-3-7-12(17(2,15)16)8-5-4-6-11-9(8)10(13)14/h4-6H,3,7H2,1-2H3,(H,13,14). The lowest BCUT2D eigenvalue weighted by Gasteiger charge is -2.22. The molecule has 0 aliphatic rings. The highest BCUT2D eigenvalue weighted by Crippen LogP contribution is 2.21. The Morgan fingerprint density at radius 2 is 2.18 bits per heavy atom. The second-order valence-electron chi connectivity index (χ2n) is 3.51. The van der Waals surface area contributed by atoms with Gasteiger partial charge in [-0.1, -0.05) is 6.92 Å². The van der Waals surface area contributed by atoms with Crippen molar-refractivity contribution < 1.29 is 18.3 Å². The van der Waals surface area contributed by atoms with E-state index in [0.717, 1.165) is 10.6 Å². The van der Waals surface area contributed by atoms with Gasteiger partial charge in [-0.05, 0) is 18.6 Å². The van der Waals surface area contributed by atoms with Crippen LogP contribution < -0.4 is 4.31 Å². The van der Waals surface area contributed by atoms with Gasteiger partial charge in [0.2, 0.25) is 10.0 Å². The molecule has 6 nitrogen and oxygen atoms in total. The molecule has 7 heteroatoms. The summed E-state index contributed by atoms with van der Waals surface area (Å²) in [6, 6.07) is 2.95. The highest BCUT2D eigenvalue weighted by atomic mass is 32.2. The molecule has 0 saturated carbocycles. The fourth-order valence-corrected chi connectivity index (χ4v) is 2.45. The number of carbonyl (C=O) groups is 1. The number of hydrogen-bond donors (Lipinski definition) is 1. The van der Waals surface area contributed by atoms with Gasteiger partial charge in [0.05, 0.1) is 11.9 Å². The second kappa shape index (κ2) is 5.13. The zero-order valence-electron chi connectivity index (χ0n) is 9.62. The van der Waals surface area contributed by atoms with E-state index in [0.29, 0.717) is 6.42 Å². The molecule has 0 spiro atoms. The van der Waals surface area contributed by atoms with Crippen LogP contribution in [0, 0.1) is 0 Å². The lowest BCUT2D eigenvalue weighted by atomic mass is 10.3. The maximum Gasteiger partial charge on any atom is 0.356 e. The third-order valence-corrected chi connectivity index (χ3v) is 3.26. The molecule has 0 radical (unpaired) electrons. The topological polar surface area (TPSA) is 87.6 Å². The number of carboxylic acid groups (broad SMARTS) is 1. The average molecular weight is 258 g/mol. The van der Waals surface area contributed by atoms with Gasteiger partial charge in [-0.2, -0.15) is 0 Å². The van der Waals surface area contributed by atoms with Crippen molar-refractivity contribution in [2.24, 2.45) is 0 Å². The van der Waals surface area contributed by atoms with E-state index in [1.54, 1.807) is 0 Å². The third kappa shape index (κ3) is 3.16. The number of nitrogens with zero attached hydrogens (tertiary/aromatic N) is 2. The average Bonchev–Trinajstić information content (AvgIpc) is 2.24. The van der Waals surface area contributed by atoms with Crippen LogP contribution in [0.25, 0.3) is 0 Å². The molecule has 0 bridgehead atoms. The molecule has 0 aliphatic carbocycles. The molecule has 94 valence electrons. The van der Waals surface area contributed by atoms with Crippen molar-refractivity contribution in [3.05, 3.63) is 24.0 Å². The molecule has 0 saturated heterocycles. The zero-order chi connectivity index (χ0) is 13.1. The summed E-state index contributed by atoms with van der Waals surface area (Å²) >= 11 is 0. The Balaban J connectivity index is 3.33. The molecular formula is C10H14N2O4S. The molecule has 0 atom stereocenters. The lowest BCUT2D eigenvalue weighted by molar-refractivity contribution is 0.0691. The first-order valence-corrected chi connectivity index (χ1v) is 6.88. The normalized spacial score (nSPS) is 11.2. The molecule has 0 aromatic carbocycles. The summed E-state index contributed by atoms with van der Waals surface area (Å²) in [6.45, 7) is 2.04. The van der Waals surface area contributed by atoms with Crippen molar-refractivity contribution >= 4 is 21.7 Å². The Kier molecular flexibility index (Phi) is 4.06. The summed E-state index contributed by atoms with van der Waals surface area (Å²) in [5.74, 6) is -1.25. The lowest BCUT2D eigenvalue weighted by Crippen LogP contribution is -2.32. The quantitative estimate of drug-likeness (QED) is 0.849. The van der Waals surface area contributed by atoms with Crippen molar-refractivity contribution in [3.63, 3.8) is 0 Å². The van der Waals surface area contributed by atoms with Crippen LogP contribution in [0.3, 0.4) is 0 Å². The largest absolute Gasteiger partial charge is 0.476 e. The first-order valence-electron chi connectivity index (χ1n) is 5.04. The number of anilines is 1. The third-order valence-electron chi connectivity index (χ3n) is 2.08. The minimum Gasteiger partial charge on any atom is -0.476 e. The second-order valence-corrected chi connectivity index (χ2v) is 5.42. The van der Waals surface area contributed by atoms with Gasteiger partial charge in [0.1, 0.15) is 0 Å². The van der Waals surface area contributed by atoms with Gasteiger partial charge in [0, 0.05) is 12.7 Å². The van der Waals surface area contributed by atoms with E-state index in [9.17, 15) is 13.2 Å². The summed E-state index contributed by atoms with van der Waals surface area (Å²) in [7, 11) is -3.51. The van der Waals surface area contributed by atoms with Gasteiger partial charge < -0.3 is 5.11 Å². The van der Waals surface area contributed by atoms with Crippen LogP contribution in [0.5, 0.6) is 0 Å². The predicted octanol–water partition coefficient (Wildman–Crippen LogP) is 0.956. The molecule has 1 heterocycles. The number of sulfonamides is 1. The van der Waals surface area contributed by atoms with Gasteiger partial charge in [0.15, 0.2) is 5.69 Å². The maximum atomic E-state index is 11.6. The van der Waals surface area contributed by atoms with Crippen molar-refractivity contribution in [1.82, 2.24) is 4.98 Å². The van der Waals surface area contributed by atoms with Crippen LogP contribution >= 0.6 is 0 Å². The van der Waals surface area contributed by atoms with Gasteiger partial charge in [0.25, 0.3) is 0 Å². The summed E-state index contributed by atoms with van der Waals surface area (Å²) in [4.78, 5) is 14.7. The maximum absolute atomic E-state index is 11.6. The number of hydrogen-bond acceptors (Lipinski definition) is 4. The highest BCUT2D eigenvalue weighted by Gasteiger charge is 2.22. The Morgan fingerprint density at radius 1 is 1.53 bits per heavy atom. The molecule has 0 amide bonds. The molecule has 1 aromatic heterocycles. The van der Waals surface area contributed by atoms with Crippen molar-refractivity contribution in [3.8, 4) is 0 Å². The van der Waals surface area contributed by atoms with E-state index >= 15 is 0 Å². The fraction of sp³-hybridized carbons (Fsp3) is 0.400. The van der Waals surface area contributed by atoms with E-state index in [1.165, 1.54) is 18.3 Å². The fourth-order valence-electron chi connectivity index (χ4n) is 1.43. The first-order chi connectivity index (χ1) is 7.88. The van der Waals surface area contributed by atoms with E-state index in [1.807, 2.05) is 6.92 Å². The molecule has 0 unspecified atom stereocenters. The minimum absolute atomic E-state index is 0.101. The molecule has 0 fully saturated rings. The van der Waals surface area contributed by atoms with E-state index in [4.69, 9.17) is 5.11 Å². The van der Waals surface area contributed by atoms with Crippen LogP contribution in [-0.4, -0.2) is 37.3 Å². The van der Waals surface area contributed by atoms with Gasteiger partial charge in [-0.25, -0.2) is 18.2 Å². The molecular weight excluding hydrogens is 244 g/mol. The molecule has 17 heavy (non-hydrogen) atoms. The molecule has 1 rings (SSSR count). The zero-order valence-corrected chi connectivity index (χ0v) is 10.4. The number of aromatic carboxylic acids is 1. The Hall–Kier alpha value is -1.63. The predicted molar refractivity (Wildman–Crippen MR) is 63.7 cm³/mol. The summed E-state index contributed by atoms with van der Waals surface area (Å²) in [6.07, 6.45) is 2.95. The van der Waals surface area contributed by atoms with Gasteiger partial charge in [-0.15, -0.1) is 0 Å². The van der Waals surface area contributed by atoms with E-state index in [2.05, 4.69) is 4.98 Å². The van der Waals surface area contributed by atoms with Gasteiger partial charge in [-0.3, -0.25) is 4.31 Å². The molecule has 1 aromatic rings. The van der Waals surface area contributed by atoms with Crippen LogP contribution in [0.4, 0.5) is 5.69 Å². The monoisotopic (exact) mass is 258 g/mol.